The summed E-state index contributed by atoms with van der Waals surface area (Å²) in [6, 6.07) is 14.8. The normalized spacial score (nSPS) is 20.9. The number of amides is 1. The Balaban J connectivity index is 1.67. The van der Waals surface area contributed by atoms with Gasteiger partial charge < -0.3 is 4.90 Å². The maximum Gasteiger partial charge on any atom is 0.227 e. The molecular formula is C21H24FNO. The molecule has 0 radical (unpaired) electrons. The first-order valence-electron chi connectivity index (χ1n) is 8.67. The van der Waals surface area contributed by atoms with Crippen LogP contribution in [0.4, 0.5) is 4.39 Å². The number of carbonyl (C=O) groups excluding carboxylic acids is 1. The average molecular weight is 325 g/mol. The van der Waals surface area contributed by atoms with Gasteiger partial charge in [-0.25, -0.2) is 4.39 Å². The van der Waals surface area contributed by atoms with Crippen LogP contribution >= 0.6 is 0 Å². The third-order valence-electron chi connectivity index (χ3n) is 4.92. The Morgan fingerprint density at radius 2 is 1.58 bits per heavy atom. The highest BCUT2D eigenvalue weighted by molar-refractivity contribution is 5.79. The predicted molar refractivity (Wildman–Crippen MR) is 95.1 cm³/mol. The lowest BCUT2D eigenvalue weighted by molar-refractivity contribution is -0.134. The molecule has 0 aromatic heterocycles. The fourth-order valence-corrected chi connectivity index (χ4v) is 3.37. The second-order valence-corrected chi connectivity index (χ2v) is 6.96. The number of likely N-dealkylation sites (tertiary alicyclic amines) is 1. The molecule has 1 aliphatic heterocycles. The summed E-state index contributed by atoms with van der Waals surface area (Å²) in [4.78, 5) is 14.6. The van der Waals surface area contributed by atoms with Crippen LogP contribution in [0.5, 0.6) is 0 Å². The van der Waals surface area contributed by atoms with Crippen molar-refractivity contribution < 1.29 is 9.18 Å². The summed E-state index contributed by atoms with van der Waals surface area (Å²) in [5.74, 6) is 0.570. The van der Waals surface area contributed by atoms with Crippen molar-refractivity contribution in [2.24, 2.45) is 5.92 Å². The Hall–Kier alpha value is -2.16. The van der Waals surface area contributed by atoms with Crippen LogP contribution in [-0.4, -0.2) is 23.4 Å². The maximum absolute atomic E-state index is 13.0. The highest BCUT2D eigenvalue weighted by Crippen LogP contribution is 2.23. The maximum atomic E-state index is 13.0. The van der Waals surface area contributed by atoms with Crippen LogP contribution in [-0.2, 0) is 11.2 Å². The lowest BCUT2D eigenvalue weighted by Crippen LogP contribution is -2.45. The zero-order valence-electron chi connectivity index (χ0n) is 14.3. The van der Waals surface area contributed by atoms with Crippen LogP contribution in [0.25, 0.3) is 11.1 Å². The van der Waals surface area contributed by atoms with E-state index in [1.807, 2.05) is 29.2 Å². The van der Waals surface area contributed by atoms with Crippen molar-refractivity contribution in [2.45, 2.75) is 39.2 Å². The van der Waals surface area contributed by atoms with Crippen LogP contribution in [0, 0.1) is 11.7 Å². The molecule has 0 spiro atoms. The molecule has 0 unspecified atom stereocenters. The predicted octanol–water partition coefficient (Wildman–Crippen LogP) is 4.68. The second kappa shape index (κ2) is 7.16. The third kappa shape index (κ3) is 3.84. The minimum absolute atomic E-state index is 0.212. The van der Waals surface area contributed by atoms with Gasteiger partial charge in [-0.1, -0.05) is 43.3 Å². The van der Waals surface area contributed by atoms with Gasteiger partial charge in [-0.15, -0.1) is 0 Å². The van der Waals surface area contributed by atoms with Crippen molar-refractivity contribution in [3.8, 4) is 11.1 Å². The van der Waals surface area contributed by atoms with Crippen molar-refractivity contribution in [3.05, 3.63) is 59.9 Å². The third-order valence-corrected chi connectivity index (χ3v) is 4.92. The number of nitrogens with zero attached hydrogens (tertiary/aromatic N) is 1. The number of piperidine rings is 1. The van der Waals surface area contributed by atoms with Crippen molar-refractivity contribution in [1.29, 1.82) is 0 Å². The largest absolute Gasteiger partial charge is 0.339 e. The van der Waals surface area contributed by atoms with Gasteiger partial charge in [0, 0.05) is 12.6 Å². The van der Waals surface area contributed by atoms with E-state index in [1.54, 1.807) is 12.1 Å². The lowest BCUT2D eigenvalue weighted by atomic mass is 9.94. The average Bonchev–Trinajstić information content (AvgIpc) is 2.58. The summed E-state index contributed by atoms with van der Waals surface area (Å²) in [6.07, 6.45) is 2.74. The van der Waals surface area contributed by atoms with E-state index < -0.39 is 0 Å². The van der Waals surface area contributed by atoms with Gasteiger partial charge in [-0.05, 0) is 54.5 Å². The molecule has 2 atom stereocenters. The van der Waals surface area contributed by atoms with Gasteiger partial charge in [-0.2, -0.15) is 0 Å². The monoisotopic (exact) mass is 325 g/mol. The van der Waals surface area contributed by atoms with Gasteiger partial charge >= 0.3 is 0 Å². The Labute approximate surface area is 143 Å². The molecule has 1 fully saturated rings. The highest BCUT2D eigenvalue weighted by Gasteiger charge is 2.26. The van der Waals surface area contributed by atoms with E-state index in [-0.39, 0.29) is 11.7 Å². The van der Waals surface area contributed by atoms with E-state index in [0.29, 0.717) is 18.4 Å². The van der Waals surface area contributed by atoms with Gasteiger partial charge in [0.1, 0.15) is 5.82 Å². The molecule has 0 aliphatic carbocycles. The van der Waals surface area contributed by atoms with Gasteiger partial charge in [0.05, 0.1) is 6.42 Å². The molecule has 0 saturated carbocycles. The molecular weight excluding hydrogens is 301 g/mol. The first-order chi connectivity index (χ1) is 11.5. The number of carbonyl (C=O) groups is 1. The molecule has 0 bridgehead atoms. The summed E-state index contributed by atoms with van der Waals surface area (Å²) in [6.45, 7) is 5.22. The van der Waals surface area contributed by atoms with E-state index in [4.69, 9.17) is 0 Å². The molecule has 2 aromatic rings. The summed E-state index contributed by atoms with van der Waals surface area (Å²) in [5.41, 5.74) is 3.04. The first kappa shape index (κ1) is 16.7. The molecule has 3 rings (SSSR count). The first-order valence-corrected chi connectivity index (χ1v) is 8.67. The van der Waals surface area contributed by atoms with E-state index >= 15 is 0 Å². The molecule has 0 N–H and O–H groups in total. The van der Waals surface area contributed by atoms with Gasteiger partial charge in [0.15, 0.2) is 0 Å². The molecule has 1 saturated heterocycles. The van der Waals surface area contributed by atoms with E-state index in [0.717, 1.165) is 29.7 Å². The van der Waals surface area contributed by atoms with E-state index in [9.17, 15) is 9.18 Å². The van der Waals surface area contributed by atoms with Crippen LogP contribution in [0.2, 0.25) is 0 Å². The topological polar surface area (TPSA) is 20.3 Å². The Bertz CT molecular complexity index is 693. The minimum atomic E-state index is -0.231. The number of rotatable bonds is 3. The highest BCUT2D eigenvalue weighted by atomic mass is 19.1. The molecule has 1 heterocycles. The SMILES string of the molecule is C[C@@H]1CC[C@H](C)N(C(=O)Cc2ccc(-c3ccc(F)cc3)cc2)C1. The number of benzene rings is 2. The van der Waals surface area contributed by atoms with E-state index in [1.165, 1.54) is 18.6 Å². The number of hydrogen-bond donors (Lipinski definition) is 0. The molecule has 1 aliphatic rings. The fraction of sp³-hybridized carbons (Fsp3) is 0.381. The van der Waals surface area contributed by atoms with Crippen molar-refractivity contribution in [2.75, 3.05) is 6.54 Å². The zero-order chi connectivity index (χ0) is 17.1. The minimum Gasteiger partial charge on any atom is -0.339 e. The molecule has 24 heavy (non-hydrogen) atoms. The lowest BCUT2D eigenvalue weighted by Gasteiger charge is -2.37. The second-order valence-electron chi connectivity index (χ2n) is 6.96. The van der Waals surface area contributed by atoms with Crippen LogP contribution in [0.3, 0.4) is 0 Å². The molecule has 2 nitrogen and oxygen atoms in total. The van der Waals surface area contributed by atoms with Gasteiger partial charge in [-0.3, -0.25) is 4.79 Å². The molecule has 3 heteroatoms. The van der Waals surface area contributed by atoms with Crippen molar-refractivity contribution >= 4 is 5.91 Å². The van der Waals surface area contributed by atoms with Gasteiger partial charge in [0.25, 0.3) is 0 Å². The fourth-order valence-electron chi connectivity index (χ4n) is 3.37. The van der Waals surface area contributed by atoms with Crippen molar-refractivity contribution in [1.82, 2.24) is 4.90 Å². The Morgan fingerprint density at radius 3 is 2.21 bits per heavy atom. The Kier molecular flexibility index (Phi) is 4.98. The quantitative estimate of drug-likeness (QED) is 0.802. The smallest absolute Gasteiger partial charge is 0.227 e. The molecule has 1 amide bonds. The number of halogens is 1. The number of hydrogen-bond acceptors (Lipinski definition) is 1. The van der Waals surface area contributed by atoms with Crippen molar-refractivity contribution in [3.63, 3.8) is 0 Å². The van der Waals surface area contributed by atoms with Crippen LogP contribution < -0.4 is 0 Å². The Morgan fingerprint density at radius 1 is 1.00 bits per heavy atom. The summed E-state index contributed by atoms with van der Waals surface area (Å²) in [7, 11) is 0. The summed E-state index contributed by atoms with van der Waals surface area (Å²) < 4.78 is 13.0. The van der Waals surface area contributed by atoms with E-state index in [2.05, 4.69) is 13.8 Å². The molecule has 2 aromatic carbocycles. The summed E-state index contributed by atoms with van der Waals surface area (Å²) in [5, 5.41) is 0. The standard InChI is InChI=1S/C21H24FNO/c1-15-3-4-16(2)23(14-15)21(24)13-17-5-7-18(8-6-17)19-9-11-20(22)12-10-19/h5-12,15-16H,3-4,13-14H2,1-2H3/t15-,16+/m1/s1. The van der Waals surface area contributed by atoms with Crippen LogP contribution in [0.15, 0.2) is 48.5 Å². The molecule has 126 valence electrons. The summed E-state index contributed by atoms with van der Waals surface area (Å²) >= 11 is 0. The van der Waals surface area contributed by atoms with Crippen LogP contribution in [0.1, 0.15) is 32.3 Å². The van der Waals surface area contributed by atoms with Gasteiger partial charge in [0.2, 0.25) is 5.91 Å². The zero-order valence-corrected chi connectivity index (χ0v) is 14.3.